The third-order valence-electron chi connectivity index (χ3n) is 3.39. The van der Waals surface area contributed by atoms with Gasteiger partial charge in [0.05, 0.1) is 4.47 Å². The molecule has 1 saturated heterocycles. The molecule has 1 aliphatic rings. The Labute approximate surface area is 131 Å². The Morgan fingerprint density at radius 3 is 2.62 bits per heavy atom. The molecule has 114 valence electrons. The quantitative estimate of drug-likeness (QED) is 0.486. The van der Waals surface area contributed by atoms with Crippen LogP contribution in [0.1, 0.15) is 29.6 Å². The van der Waals surface area contributed by atoms with Gasteiger partial charge in [-0.1, -0.05) is 0 Å². The van der Waals surface area contributed by atoms with Gasteiger partial charge in [-0.25, -0.2) is 5.84 Å². The number of piperidine rings is 1. The third-order valence-corrected chi connectivity index (χ3v) is 4.00. The Morgan fingerprint density at radius 2 is 2.00 bits per heavy atom. The summed E-state index contributed by atoms with van der Waals surface area (Å²) in [7, 11) is 0. The van der Waals surface area contributed by atoms with Crippen LogP contribution < -0.4 is 16.0 Å². The van der Waals surface area contributed by atoms with Crippen LogP contribution in [0.2, 0.25) is 0 Å². The number of hydrogen-bond acceptors (Lipinski definition) is 4. The van der Waals surface area contributed by atoms with E-state index < -0.39 is 0 Å². The second kappa shape index (κ2) is 7.42. The molecule has 0 bridgehead atoms. The minimum atomic E-state index is -0.383. The maximum absolute atomic E-state index is 12.0. The second-order valence-corrected chi connectivity index (χ2v) is 5.70. The molecule has 21 heavy (non-hydrogen) atoms. The van der Waals surface area contributed by atoms with E-state index >= 15 is 0 Å². The van der Waals surface area contributed by atoms with Crippen molar-refractivity contribution in [2.75, 3.05) is 19.7 Å². The van der Waals surface area contributed by atoms with Crippen LogP contribution >= 0.6 is 15.9 Å². The number of nitrogens with one attached hydrogen (secondary N) is 1. The average Bonchev–Trinajstić information content (AvgIpc) is 2.53. The summed E-state index contributed by atoms with van der Waals surface area (Å²) >= 11 is 3.32. The molecule has 1 aromatic carbocycles. The van der Waals surface area contributed by atoms with Crippen LogP contribution in [0.5, 0.6) is 5.75 Å². The van der Waals surface area contributed by atoms with Crippen LogP contribution in [-0.4, -0.2) is 36.4 Å². The highest BCUT2D eigenvalue weighted by Gasteiger charge is 2.17. The number of hydrazine groups is 1. The molecule has 0 radical (unpaired) electrons. The van der Waals surface area contributed by atoms with Gasteiger partial charge in [-0.05, 0) is 53.4 Å². The predicted octanol–water partition coefficient (Wildman–Crippen LogP) is 1.44. The van der Waals surface area contributed by atoms with Gasteiger partial charge in [0, 0.05) is 18.7 Å². The maximum atomic E-state index is 12.0. The number of carbonyl (C=O) groups excluding carboxylic acids is 2. The fraction of sp³-hybridized carbons (Fsp3) is 0.429. The molecule has 0 atom stereocenters. The summed E-state index contributed by atoms with van der Waals surface area (Å²) in [6.07, 6.45) is 3.29. The Morgan fingerprint density at radius 1 is 1.29 bits per heavy atom. The van der Waals surface area contributed by atoms with Crippen LogP contribution in [0.4, 0.5) is 0 Å². The molecule has 2 amide bonds. The SMILES string of the molecule is NNC(=O)c1ccc(OCC(=O)N2CCCCC2)c(Br)c1. The molecule has 0 unspecified atom stereocenters. The fourth-order valence-corrected chi connectivity index (χ4v) is 2.71. The first-order valence-corrected chi connectivity index (χ1v) is 7.62. The molecule has 0 aliphatic carbocycles. The minimum Gasteiger partial charge on any atom is -0.483 e. The molecule has 1 aromatic rings. The Hall–Kier alpha value is -1.60. The van der Waals surface area contributed by atoms with Gasteiger partial charge < -0.3 is 9.64 Å². The first kappa shape index (κ1) is 15.8. The van der Waals surface area contributed by atoms with Crippen molar-refractivity contribution in [3.63, 3.8) is 0 Å². The number of rotatable bonds is 4. The van der Waals surface area contributed by atoms with Crippen LogP contribution in [0.3, 0.4) is 0 Å². The van der Waals surface area contributed by atoms with E-state index in [0.717, 1.165) is 25.9 Å². The largest absolute Gasteiger partial charge is 0.483 e. The number of likely N-dealkylation sites (tertiary alicyclic amines) is 1. The van der Waals surface area contributed by atoms with Gasteiger partial charge in [-0.3, -0.25) is 15.0 Å². The van der Waals surface area contributed by atoms with E-state index in [-0.39, 0.29) is 18.4 Å². The van der Waals surface area contributed by atoms with E-state index in [1.165, 1.54) is 6.42 Å². The van der Waals surface area contributed by atoms with E-state index in [9.17, 15) is 9.59 Å². The fourth-order valence-electron chi connectivity index (χ4n) is 2.22. The van der Waals surface area contributed by atoms with Gasteiger partial charge in [0.1, 0.15) is 5.75 Å². The molecule has 6 nitrogen and oxygen atoms in total. The van der Waals surface area contributed by atoms with Crippen molar-refractivity contribution in [3.8, 4) is 5.75 Å². The standard InChI is InChI=1S/C14H18BrN3O3/c15-11-8-10(14(20)17-16)4-5-12(11)21-9-13(19)18-6-2-1-3-7-18/h4-5,8H,1-3,6-7,9,16H2,(H,17,20). The summed E-state index contributed by atoms with van der Waals surface area (Å²) in [5.41, 5.74) is 2.48. The number of nitrogens with two attached hydrogens (primary N) is 1. The number of carbonyl (C=O) groups is 2. The van der Waals surface area contributed by atoms with Crippen molar-refractivity contribution in [3.05, 3.63) is 28.2 Å². The molecule has 1 fully saturated rings. The van der Waals surface area contributed by atoms with Crippen LogP contribution in [-0.2, 0) is 4.79 Å². The summed E-state index contributed by atoms with van der Waals surface area (Å²) in [6, 6.07) is 4.83. The summed E-state index contributed by atoms with van der Waals surface area (Å²) < 4.78 is 6.13. The summed E-state index contributed by atoms with van der Waals surface area (Å²) in [5, 5.41) is 0. The number of amides is 2. The molecular formula is C14H18BrN3O3. The molecule has 0 aromatic heterocycles. The van der Waals surface area contributed by atoms with Gasteiger partial charge in [0.15, 0.2) is 6.61 Å². The van der Waals surface area contributed by atoms with Gasteiger partial charge >= 0.3 is 0 Å². The Bertz CT molecular complexity index is 530. The molecule has 0 saturated carbocycles. The van der Waals surface area contributed by atoms with Gasteiger partial charge in [0.2, 0.25) is 0 Å². The number of nitrogen functional groups attached to an aromatic ring is 1. The molecule has 2 rings (SSSR count). The molecule has 1 heterocycles. The van der Waals surface area contributed by atoms with Crippen LogP contribution in [0.15, 0.2) is 22.7 Å². The van der Waals surface area contributed by atoms with Crippen molar-refractivity contribution in [1.82, 2.24) is 10.3 Å². The molecule has 7 heteroatoms. The topological polar surface area (TPSA) is 84.7 Å². The third kappa shape index (κ3) is 4.18. The zero-order valence-electron chi connectivity index (χ0n) is 11.6. The second-order valence-electron chi connectivity index (χ2n) is 4.85. The highest BCUT2D eigenvalue weighted by molar-refractivity contribution is 9.10. The van der Waals surface area contributed by atoms with Gasteiger partial charge in [0.25, 0.3) is 11.8 Å². The molecule has 1 aliphatic heterocycles. The maximum Gasteiger partial charge on any atom is 0.265 e. The predicted molar refractivity (Wildman–Crippen MR) is 81.7 cm³/mol. The number of nitrogens with zero attached hydrogens (tertiary/aromatic N) is 1. The lowest BCUT2D eigenvalue weighted by molar-refractivity contribution is -0.134. The van der Waals surface area contributed by atoms with E-state index in [1.54, 1.807) is 18.2 Å². The number of halogens is 1. The lowest BCUT2D eigenvalue weighted by Crippen LogP contribution is -2.38. The van der Waals surface area contributed by atoms with Crippen molar-refractivity contribution in [2.45, 2.75) is 19.3 Å². The summed E-state index contributed by atoms with van der Waals surface area (Å²) in [5.74, 6) is 5.21. The number of ether oxygens (including phenoxy) is 1. The van der Waals surface area contributed by atoms with E-state index in [0.29, 0.717) is 15.8 Å². The lowest BCUT2D eigenvalue weighted by atomic mass is 10.1. The zero-order chi connectivity index (χ0) is 15.2. The molecule has 0 spiro atoms. The molecule has 3 N–H and O–H groups in total. The van der Waals surface area contributed by atoms with Gasteiger partial charge in [-0.15, -0.1) is 0 Å². The summed E-state index contributed by atoms with van der Waals surface area (Å²) in [6.45, 7) is 1.61. The van der Waals surface area contributed by atoms with Crippen molar-refractivity contribution < 1.29 is 14.3 Å². The van der Waals surface area contributed by atoms with Gasteiger partial charge in [-0.2, -0.15) is 0 Å². The van der Waals surface area contributed by atoms with Crippen molar-refractivity contribution in [1.29, 1.82) is 0 Å². The summed E-state index contributed by atoms with van der Waals surface area (Å²) in [4.78, 5) is 25.2. The average molecular weight is 356 g/mol. The number of benzene rings is 1. The van der Waals surface area contributed by atoms with Crippen LogP contribution in [0, 0.1) is 0 Å². The van der Waals surface area contributed by atoms with E-state index in [4.69, 9.17) is 10.6 Å². The Balaban J connectivity index is 1.93. The highest BCUT2D eigenvalue weighted by Crippen LogP contribution is 2.26. The zero-order valence-corrected chi connectivity index (χ0v) is 13.2. The minimum absolute atomic E-state index is 0.00102. The lowest BCUT2D eigenvalue weighted by Gasteiger charge is -2.26. The smallest absolute Gasteiger partial charge is 0.265 e. The first-order chi connectivity index (χ1) is 10.1. The van der Waals surface area contributed by atoms with Crippen LogP contribution in [0.25, 0.3) is 0 Å². The monoisotopic (exact) mass is 355 g/mol. The van der Waals surface area contributed by atoms with E-state index in [2.05, 4.69) is 21.4 Å². The highest BCUT2D eigenvalue weighted by atomic mass is 79.9. The Kier molecular flexibility index (Phi) is 5.58. The molecular weight excluding hydrogens is 338 g/mol. The number of hydrogen-bond donors (Lipinski definition) is 2. The van der Waals surface area contributed by atoms with E-state index in [1.807, 2.05) is 4.90 Å². The normalized spacial score (nSPS) is 14.7. The van der Waals surface area contributed by atoms with Crippen molar-refractivity contribution >= 4 is 27.7 Å². The van der Waals surface area contributed by atoms with Crippen molar-refractivity contribution in [2.24, 2.45) is 5.84 Å². The first-order valence-electron chi connectivity index (χ1n) is 6.83.